The fraction of sp³-hybridized carbons (Fsp3) is 0.417. The van der Waals surface area contributed by atoms with Crippen LogP contribution in [0.5, 0.6) is 5.75 Å². The van der Waals surface area contributed by atoms with Crippen LogP contribution in [-0.4, -0.2) is 53.2 Å². The first-order valence-corrected chi connectivity index (χ1v) is 11.2. The maximum absolute atomic E-state index is 10.7. The summed E-state index contributed by atoms with van der Waals surface area (Å²) in [6, 6.07) is 7.61. The second kappa shape index (κ2) is 9.64. The molecular weight excluding hydrogens is 487 g/mol. The maximum Gasteiger partial charge on any atom is 0.205 e. The fourth-order valence-corrected chi connectivity index (χ4v) is 5.34. The van der Waals surface area contributed by atoms with Crippen LogP contribution >= 0.6 is 24.8 Å². The van der Waals surface area contributed by atoms with E-state index in [4.69, 9.17) is 4.98 Å². The van der Waals surface area contributed by atoms with E-state index in [9.17, 15) is 5.11 Å². The van der Waals surface area contributed by atoms with Crippen molar-refractivity contribution < 1.29 is 5.11 Å². The molecule has 4 heterocycles. The van der Waals surface area contributed by atoms with Gasteiger partial charge < -0.3 is 15.7 Å². The van der Waals surface area contributed by atoms with Gasteiger partial charge in [-0.2, -0.15) is 5.10 Å². The van der Waals surface area contributed by atoms with Gasteiger partial charge in [-0.05, 0) is 64.3 Å². The SMILES string of the molecule is CNc1nc2cc(-c3ccc(-c4cn[nH]c4)cc3O)nnc2n1C1CC(C)(C)NC(C)(C)C1.Cl.Cl. The number of piperidine rings is 1. The van der Waals surface area contributed by atoms with Gasteiger partial charge in [-0.1, -0.05) is 6.07 Å². The normalized spacial score (nSPS) is 16.9. The highest BCUT2D eigenvalue weighted by atomic mass is 35.5. The Balaban J connectivity index is 0.00000171. The summed E-state index contributed by atoms with van der Waals surface area (Å²) in [7, 11) is 1.88. The molecule has 1 fully saturated rings. The van der Waals surface area contributed by atoms with Crippen LogP contribution in [-0.2, 0) is 0 Å². The summed E-state index contributed by atoms with van der Waals surface area (Å²) < 4.78 is 2.18. The average molecular weight is 519 g/mol. The molecule has 11 heteroatoms. The molecule has 0 radical (unpaired) electrons. The second-order valence-corrected chi connectivity index (χ2v) is 10.2. The van der Waals surface area contributed by atoms with Crippen molar-refractivity contribution >= 4 is 41.9 Å². The number of aromatic nitrogens is 6. The molecular formula is C24H32Cl2N8O. The number of benzene rings is 1. The summed E-state index contributed by atoms with van der Waals surface area (Å²) in [5.74, 6) is 0.909. The summed E-state index contributed by atoms with van der Waals surface area (Å²) in [5, 5.41) is 33.5. The highest BCUT2D eigenvalue weighted by Gasteiger charge is 2.39. The molecule has 0 unspecified atom stereocenters. The number of phenols is 1. The van der Waals surface area contributed by atoms with E-state index in [0.717, 1.165) is 41.1 Å². The van der Waals surface area contributed by atoms with Gasteiger partial charge in [-0.15, -0.1) is 35.0 Å². The smallest absolute Gasteiger partial charge is 0.205 e. The van der Waals surface area contributed by atoms with Crippen LogP contribution in [0.1, 0.15) is 46.6 Å². The third-order valence-electron chi connectivity index (χ3n) is 6.30. The number of nitrogens with zero attached hydrogens (tertiary/aromatic N) is 5. The molecule has 0 aliphatic carbocycles. The topological polar surface area (TPSA) is 117 Å². The molecule has 3 aromatic heterocycles. The zero-order valence-corrected chi connectivity index (χ0v) is 22.1. The monoisotopic (exact) mass is 518 g/mol. The first-order chi connectivity index (χ1) is 15.7. The highest BCUT2D eigenvalue weighted by molar-refractivity contribution is 5.85. The number of anilines is 1. The van der Waals surface area contributed by atoms with Gasteiger partial charge in [-0.3, -0.25) is 9.67 Å². The highest BCUT2D eigenvalue weighted by Crippen LogP contribution is 2.40. The van der Waals surface area contributed by atoms with Gasteiger partial charge in [0.2, 0.25) is 5.95 Å². The lowest BCUT2D eigenvalue weighted by molar-refractivity contribution is 0.135. The van der Waals surface area contributed by atoms with Crippen LogP contribution in [0.15, 0.2) is 36.7 Å². The molecule has 1 aliphatic rings. The van der Waals surface area contributed by atoms with Gasteiger partial charge in [0.05, 0.1) is 11.9 Å². The van der Waals surface area contributed by atoms with Crippen LogP contribution in [0.3, 0.4) is 0 Å². The first kappa shape index (κ1) is 26.7. The molecule has 0 amide bonds. The van der Waals surface area contributed by atoms with Crippen molar-refractivity contribution in [1.29, 1.82) is 0 Å². The number of fused-ring (bicyclic) bond motifs is 1. The zero-order chi connectivity index (χ0) is 23.4. The van der Waals surface area contributed by atoms with Crippen LogP contribution in [0.25, 0.3) is 33.5 Å². The number of phenolic OH excluding ortho intramolecular Hbond substituents is 1. The summed E-state index contributed by atoms with van der Waals surface area (Å²) in [4.78, 5) is 4.81. The largest absolute Gasteiger partial charge is 0.507 e. The van der Waals surface area contributed by atoms with Gasteiger partial charge in [0, 0.05) is 41.5 Å². The Morgan fingerprint density at radius 3 is 2.34 bits per heavy atom. The van der Waals surface area contributed by atoms with Gasteiger partial charge in [0.1, 0.15) is 11.3 Å². The van der Waals surface area contributed by atoms with Crippen LogP contribution in [0, 0.1) is 0 Å². The predicted molar refractivity (Wildman–Crippen MR) is 144 cm³/mol. The number of nitrogens with one attached hydrogen (secondary N) is 3. The molecule has 0 atom stereocenters. The minimum Gasteiger partial charge on any atom is -0.507 e. The number of hydrogen-bond acceptors (Lipinski definition) is 7. The molecule has 1 saturated heterocycles. The van der Waals surface area contributed by atoms with Crippen molar-refractivity contribution in [2.45, 2.75) is 57.7 Å². The lowest BCUT2D eigenvalue weighted by atomic mass is 9.79. The van der Waals surface area contributed by atoms with Gasteiger partial charge in [0.15, 0.2) is 5.65 Å². The molecule has 4 N–H and O–H groups in total. The molecule has 0 saturated carbocycles. The Hall–Kier alpha value is -2.88. The van der Waals surface area contributed by atoms with Crippen molar-refractivity contribution in [1.82, 2.24) is 35.3 Å². The van der Waals surface area contributed by atoms with Crippen molar-refractivity contribution in [3.05, 3.63) is 36.7 Å². The Morgan fingerprint density at radius 2 is 1.74 bits per heavy atom. The van der Waals surface area contributed by atoms with E-state index in [1.54, 1.807) is 18.5 Å². The Kier molecular flexibility index (Phi) is 7.36. The number of aromatic hydroxyl groups is 1. The molecule has 9 nitrogen and oxygen atoms in total. The minimum atomic E-state index is -0.0100. The maximum atomic E-state index is 10.7. The lowest BCUT2D eigenvalue weighted by Gasteiger charge is -2.47. The standard InChI is InChI=1S/C24H30N8O.2ClH/c1-23(2)10-16(11-24(3,4)31-23)32-21-19(28-22(32)25-5)9-18(29-30-21)17-7-6-14(8-20(17)33)15-12-26-27-13-15;;/h6-9,12-13,16,31,33H,10-11H2,1-5H3,(H,25,28)(H,26,27);2*1H. The van der Waals surface area contributed by atoms with Gasteiger partial charge in [0.25, 0.3) is 0 Å². The van der Waals surface area contributed by atoms with Crippen molar-refractivity contribution in [2.24, 2.45) is 0 Å². The third kappa shape index (κ3) is 5.07. The number of imidazole rings is 1. The molecule has 188 valence electrons. The van der Waals surface area contributed by atoms with E-state index in [1.165, 1.54) is 0 Å². The van der Waals surface area contributed by atoms with Crippen LogP contribution in [0.2, 0.25) is 0 Å². The number of rotatable bonds is 4. The van der Waals surface area contributed by atoms with E-state index < -0.39 is 0 Å². The van der Waals surface area contributed by atoms with E-state index >= 15 is 0 Å². The Morgan fingerprint density at radius 1 is 1.03 bits per heavy atom. The van der Waals surface area contributed by atoms with Crippen LogP contribution < -0.4 is 10.6 Å². The summed E-state index contributed by atoms with van der Waals surface area (Å²) in [6.45, 7) is 8.94. The van der Waals surface area contributed by atoms with E-state index in [2.05, 4.69) is 63.3 Å². The quantitative estimate of drug-likeness (QED) is 0.301. The molecule has 4 aromatic rings. The molecule has 1 aliphatic heterocycles. The molecule has 5 rings (SSSR count). The minimum absolute atomic E-state index is 0. The van der Waals surface area contributed by atoms with Crippen molar-refractivity contribution in [3.63, 3.8) is 0 Å². The molecule has 1 aromatic carbocycles. The third-order valence-corrected chi connectivity index (χ3v) is 6.30. The van der Waals surface area contributed by atoms with E-state index in [1.807, 2.05) is 25.2 Å². The fourth-order valence-electron chi connectivity index (χ4n) is 5.34. The molecule has 35 heavy (non-hydrogen) atoms. The number of aromatic amines is 1. The number of H-pyrrole nitrogens is 1. The lowest BCUT2D eigenvalue weighted by Crippen LogP contribution is -2.58. The van der Waals surface area contributed by atoms with Gasteiger partial charge in [-0.25, -0.2) is 4.98 Å². The predicted octanol–water partition coefficient (Wildman–Crippen LogP) is 4.96. The Labute approximate surface area is 217 Å². The zero-order valence-electron chi connectivity index (χ0n) is 20.5. The Bertz CT molecular complexity index is 1300. The van der Waals surface area contributed by atoms with Crippen molar-refractivity contribution in [2.75, 3.05) is 12.4 Å². The van der Waals surface area contributed by atoms with E-state index in [0.29, 0.717) is 11.3 Å². The summed E-state index contributed by atoms with van der Waals surface area (Å²) >= 11 is 0. The second-order valence-electron chi connectivity index (χ2n) is 10.2. The summed E-state index contributed by atoms with van der Waals surface area (Å²) in [5.41, 5.74) is 4.44. The number of hydrogen-bond donors (Lipinski definition) is 4. The first-order valence-electron chi connectivity index (χ1n) is 11.2. The molecule has 0 spiro atoms. The van der Waals surface area contributed by atoms with Crippen molar-refractivity contribution in [3.8, 4) is 28.1 Å². The molecule has 0 bridgehead atoms. The summed E-state index contributed by atoms with van der Waals surface area (Å²) in [6.07, 6.45) is 5.41. The number of halogens is 2. The van der Waals surface area contributed by atoms with Gasteiger partial charge >= 0.3 is 0 Å². The average Bonchev–Trinajstić information content (AvgIpc) is 3.38. The van der Waals surface area contributed by atoms with E-state index in [-0.39, 0.29) is 47.7 Å². The van der Waals surface area contributed by atoms with Crippen LogP contribution in [0.4, 0.5) is 5.95 Å².